The third kappa shape index (κ3) is 7.24. The van der Waals surface area contributed by atoms with Gasteiger partial charge in [-0.05, 0) is 61.9 Å². The molecule has 1 aromatic carbocycles. The Labute approximate surface area is 153 Å². The van der Waals surface area contributed by atoms with E-state index in [9.17, 15) is 18.0 Å². The second-order valence-electron chi connectivity index (χ2n) is 6.58. The van der Waals surface area contributed by atoms with Crippen LogP contribution >= 0.6 is 12.4 Å². The van der Waals surface area contributed by atoms with E-state index >= 15 is 0 Å². The van der Waals surface area contributed by atoms with Crippen molar-refractivity contribution in [3.63, 3.8) is 0 Å². The summed E-state index contributed by atoms with van der Waals surface area (Å²) in [4.78, 5) is 12.0. The van der Waals surface area contributed by atoms with Crippen LogP contribution < -0.4 is 10.6 Å². The average Bonchev–Trinajstić information content (AvgIpc) is 2.55. The van der Waals surface area contributed by atoms with Crippen LogP contribution in [0, 0.1) is 5.92 Å². The third-order valence-electron chi connectivity index (χ3n) is 4.57. The molecule has 2 N–H and O–H groups in total. The number of rotatable bonds is 6. The number of nitrogens with one attached hydrogen (secondary N) is 2. The summed E-state index contributed by atoms with van der Waals surface area (Å²) in [7, 11) is 0. The highest BCUT2D eigenvalue weighted by Crippen LogP contribution is 2.30. The molecule has 7 heteroatoms. The highest BCUT2D eigenvalue weighted by atomic mass is 35.5. The quantitative estimate of drug-likeness (QED) is 0.781. The molecule has 1 aliphatic rings. The van der Waals surface area contributed by atoms with Gasteiger partial charge in [0.1, 0.15) is 0 Å². The molecule has 1 aromatic rings. The second kappa shape index (κ2) is 10.0. The van der Waals surface area contributed by atoms with E-state index in [2.05, 4.69) is 10.6 Å². The molecule has 142 valence electrons. The molecule has 1 fully saturated rings. The van der Waals surface area contributed by atoms with Gasteiger partial charge < -0.3 is 10.6 Å². The van der Waals surface area contributed by atoms with Gasteiger partial charge in [0.2, 0.25) is 5.91 Å². The summed E-state index contributed by atoms with van der Waals surface area (Å²) < 4.78 is 37.7. The maximum atomic E-state index is 12.6. The van der Waals surface area contributed by atoms with E-state index in [-0.39, 0.29) is 30.7 Å². The molecular formula is C18H26ClF3N2O. The van der Waals surface area contributed by atoms with Gasteiger partial charge in [0, 0.05) is 13.0 Å². The predicted octanol–water partition coefficient (Wildman–Crippen LogP) is 4.13. The fourth-order valence-corrected chi connectivity index (χ4v) is 3.05. The van der Waals surface area contributed by atoms with Crippen LogP contribution in [0.15, 0.2) is 24.3 Å². The Hall–Kier alpha value is -1.27. The molecule has 0 saturated carbocycles. The molecular weight excluding hydrogens is 353 g/mol. The maximum Gasteiger partial charge on any atom is 0.416 e. The highest BCUT2D eigenvalue weighted by molar-refractivity contribution is 5.85. The Morgan fingerprint density at radius 3 is 2.56 bits per heavy atom. The number of piperidine rings is 1. The van der Waals surface area contributed by atoms with E-state index in [1.807, 2.05) is 6.92 Å². The van der Waals surface area contributed by atoms with Crippen molar-refractivity contribution < 1.29 is 18.0 Å². The zero-order chi connectivity index (χ0) is 17.6. The number of carbonyl (C=O) groups excluding carboxylic acids is 1. The Bertz CT molecular complexity index is 528. The summed E-state index contributed by atoms with van der Waals surface area (Å²) in [6.07, 6.45) is -0.691. The number of carbonyl (C=O) groups is 1. The van der Waals surface area contributed by atoms with Gasteiger partial charge in [-0.2, -0.15) is 13.2 Å². The number of halogens is 4. The molecule has 0 spiro atoms. The molecule has 1 heterocycles. The summed E-state index contributed by atoms with van der Waals surface area (Å²) in [5, 5.41) is 6.27. The molecule has 2 rings (SSSR count). The lowest BCUT2D eigenvalue weighted by Gasteiger charge is -2.22. The lowest BCUT2D eigenvalue weighted by atomic mass is 9.95. The van der Waals surface area contributed by atoms with Crippen molar-refractivity contribution in [3.05, 3.63) is 35.4 Å². The van der Waals surface area contributed by atoms with Crippen LogP contribution in [-0.4, -0.2) is 25.5 Å². The van der Waals surface area contributed by atoms with Gasteiger partial charge in [-0.1, -0.05) is 19.1 Å². The van der Waals surface area contributed by atoms with Crippen LogP contribution in [0.2, 0.25) is 0 Å². The zero-order valence-electron chi connectivity index (χ0n) is 14.4. The first-order chi connectivity index (χ1) is 11.4. The summed E-state index contributed by atoms with van der Waals surface area (Å²) in [6, 6.07) is 5.04. The van der Waals surface area contributed by atoms with Gasteiger partial charge in [0.15, 0.2) is 0 Å². The first kappa shape index (κ1) is 21.8. The summed E-state index contributed by atoms with van der Waals surface area (Å²) in [5.41, 5.74) is 0.0821. The molecule has 25 heavy (non-hydrogen) atoms. The highest BCUT2D eigenvalue weighted by Gasteiger charge is 2.30. The zero-order valence-corrected chi connectivity index (χ0v) is 15.2. The smallest absolute Gasteiger partial charge is 0.356 e. The maximum absolute atomic E-state index is 12.6. The molecule has 3 nitrogen and oxygen atoms in total. The minimum Gasteiger partial charge on any atom is -0.356 e. The number of hydrogen-bond acceptors (Lipinski definition) is 2. The van der Waals surface area contributed by atoms with E-state index in [1.54, 1.807) is 0 Å². The monoisotopic (exact) mass is 378 g/mol. The SMILES string of the molecule is CC(CC(=O)NCCC1CCCNC1)c1ccc(C(F)(F)F)cc1.Cl. The molecule has 2 unspecified atom stereocenters. The fraction of sp³-hybridized carbons (Fsp3) is 0.611. The van der Waals surface area contributed by atoms with Crippen molar-refractivity contribution in [2.75, 3.05) is 19.6 Å². The lowest BCUT2D eigenvalue weighted by molar-refractivity contribution is -0.137. The van der Waals surface area contributed by atoms with Crippen molar-refractivity contribution in [2.24, 2.45) is 5.92 Å². The van der Waals surface area contributed by atoms with Crippen LogP contribution in [0.25, 0.3) is 0 Å². The first-order valence-corrected chi connectivity index (χ1v) is 8.51. The lowest BCUT2D eigenvalue weighted by Crippen LogP contribution is -2.33. The molecule has 1 saturated heterocycles. The minimum absolute atomic E-state index is 0. The molecule has 0 aliphatic carbocycles. The molecule has 1 amide bonds. The Morgan fingerprint density at radius 1 is 1.32 bits per heavy atom. The van der Waals surface area contributed by atoms with E-state index in [1.165, 1.54) is 25.0 Å². The van der Waals surface area contributed by atoms with Crippen molar-refractivity contribution in [3.8, 4) is 0 Å². The standard InChI is InChI=1S/C18H25F3N2O.ClH/c1-13(15-4-6-16(7-5-15)18(19,20)21)11-17(24)23-10-8-14-3-2-9-22-12-14;/h4-7,13-14,22H,2-3,8-12H2,1H3,(H,23,24);1H. The Kier molecular flexibility index (Phi) is 8.73. The average molecular weight is 379 g/mol. The Morgan fingerprint density at radius 2 is 2.00 bits per heavy atom. The molecule has 0 radical (unpaired) electrons. The van der Waals surface area contributed by atoms with Crippen molar-refractivity contribution in [1.82, 2.24) is 10.6 Å². The van der Waals surface area contributed by atoms with E-state index in [4.69, 9.17) is 0 Å². The summed E-state index contributed by atoms with van der Waals surface area (Å²) >= 11 is 0. The number of benzene rings is 1. The molecule has 0 bridgehead atoms. The van der Waals surface area contributed by atoms with Crippen LogP contribution in [0.3, 0.4) is 0 Å². The van der Waals surface area contributed by atoms with E-state index < -0.39 is 11.7 Å². The van der Waals surface area contributed by atoms with Gasteiger partial charge in [0.25, 0.3) is 0 Å². The van der Waals surface area contributed by atoms with Gasteiger partial charge in [-0.3, -0.25) is 4.79 Å². The van der Waals surface area contributed by atoms with Gasteiger partial charge >= 0.3 is 6.18 Å². The number of amides is 1. The van der Waals surface area contributed by atoms with Crippen LogP contribution in [-0.2, 0) is 11.0 Å². The Balaban J connectivity index is 0.00000312. The normalized spacial score (nSPS) is 19.0. The number of hydrogen-bond donors (Lipinski definition) is 2. The summed E-state index contributed by atoms with van der Waals surface area (Å²) in [6.45, 7) is 4.60. The molecule has 1 aliphatic heterocycles. The molecule has 0 aromatic heterocycles. The van der Waals surface area contributed by atoms with Gasteiger partial charge in [0.05, 0.1) is 5.56 Å². The van der Waals surface area contributed by atoms with Crippen molar-refractivity contribution in [1.29, 1.82) is 0 Å². The van der Waals surface area contributed by atoms with E-state index in [0.29, 0.717) is 12.5 Å². The van der Waals surface area contributed by atoms with Crippen LogP contribution in [0.1, 0.15) is 49.7 Å². The van der Waals surface area contributed by atoms with Gasteiger partial charge in [-0.15, -0.1) is 12.4 Å². The number of alkyl halides is 3. The van der Waals surface area contributed by atoms with Crippen molar-refractivity contribution >= 4 is 18.3 Å². The largest absolute Gasteiger partial charge is 0.416 e. The minimum atomic E-state index is -4.33. The summed E-state index contributed by atoms with van der Waals surface area (Å²) in [5.74, 6) is 0.459. The van der Waals surface area contributed by atoms with Gasteiger partial charge in [-0.25, -0.2) is 0 Å². The van der Waals surface area contributed by atoms with E-state index in [0.717, 1.165) is 37.2 Å². The predicted molar refractivity (Wildman–Crippen MR) is 94.9 cm³/mol. The first-order valence-electron chi connectivity index (χ1n) is 8.51. The third-order valence-corrected chi connectivity index (χ3v) is 4.57. The fourth-order valence-electron chi connectivity index (χ4n) is 3.05. The van der Waals surface area contributed by atoms with Crippen LogP contribution in [0.4, 0.5) is 13.2 Å². The molecule has 2 atom stereocenters. The topological polar surface area (TPSA) is 41.1 Å². The van der Waals surface area contributed by atoms with Crippen LogP contribution in [0.5, 0.6) is 0 Å². The second-order valence-corrected chi connectivity index (χ2v) is 6.58. The van der Waals surface area contributed by atoms with Crippen molar-refractivity contribution in [2.45, 2.75) is 44.7 Å².